The molecule has 0 aliphatic carbocycles. The Labute approximate surface area is 174 Å². The molecule has 0 spiro atoms. The summed E-state index contributed by atoms with van der Waals surface area (Å²) in [5.74, 6) is -0.580. The Morgan fingerprint density at radius 1 is 0.933 bits per heavy atom. The highest BCUT2D eigenvalue weighted by Gasteiger charge is 2.20. The van der Waals surface area contributed by atoms with Crippen molar-refractivity contribution in [2.45, 2.75) is 20.8 Å². The SMILES string of the molecule is Cc1cccc(-c2nc(C(=O)Nc3ccccc3F)nn2-c2ccc(C)c(C)c2)c1. The number of hydrogen-bond donors (Lipinski definition) is 1. The molecule has 1 aromatic heterocycles. The van der Waals surface area contributed by atoms with Crippen LogP contribution in [0.5, 0.6) is 0 Å². The first-order valence-corrected chi connectivity index (χ1v) is 9.60. The number of aryl methyl sites for hydroxylation is 3. The van der Waals surface area contributed by atoms with Gasteiger partial charge < -0.3 is 5.32 Å². The van der Waals surface area contributed by atoms with Gasteiger partial charge in [0.1, 0.15) is 5.82 Å². The number of halogens is 1. The number of amides is 1. The smallest absolute Gasteiger partial charge is 0.295 e. The standard InChI is InChI=1S/C24H21FN4O/c1-15-7-6-8-18(13-15)23-27-22(24(30)26-21-10-5-4-9-20(21)25)28-29(23)19-12-11-16(2)17(3)14-19/h4-14H,1-3H3,(H,26,30). The van der Waals surface area contributed by atoms with Crippen LogP contribution in [0, 0.1) is 26.6 Å². The van der Waals surface area contributed by atoms with E-state index in [1.54, 1.807) is 16.8 Å². The second-order valence-corrected chi connectivity index (χ2v) is 7.24. The number of para-hydroxylation sites is 1. The summed E-state index contributed by atoms with van der Waals surface area (Å²) in [6.07, 6.45) is 0. The predicted molar refractivity (Wildman–Crippen MR) is 115 cm³/mol. The van der Waals surface area contributed by atoms with Gasteiger partial charge in [0.25, 0.3) is 5.91 Å². The highest BCUT2D eigenvalue weighted by atomic mass is 19.1. The van der Waals surface area contributed by atoms with Gasteiger partial charge >= 0.3 is 0 Å². The number of nitrogens with one attached hydrogen (secondary N) is 1. The molecule has 4 aromatic rings. The molecule has 1 amide bonds. The van der Waals surface area contributed by atoms with Gasteiger partial charge in [-0.15, -0.1) is 5.10 Å². The summed E-state index contributed by atoms with van der Waals surface area (Å²) in [6, 6.07) is 19.8. The van der Waals surface area contributed by atoms with Crippen molar-refractivity contribution in [3.05, 3.63) is 95.1 Å². The van der Waals surface area contributed by atoms with Gasteiger partial charge in [0.15, 0.2) is 5.82 Å². The monoisotopic (exact) mass is 400 g/mol. The van der Waals surface area contributed by atoms with Gasteiger partial charge in [-0.1, -0.05) is 42.0 Å². The summed E-state index contributed by atoms with van der Waals surface area (Å²) in [5, 5.41) is 7.00. The van der Waals surface area contributed by atoms with Crippen LogP contribution in [-0.2, 0) is 0 Å². The average molecular weight is 400 g/mol. The number of rotatable bonds is 4. The maximum Gasteiger partial charge on any atom is 0.295 e. The Morgan fingerprint density at radius 3 is 2.47 bits per heavy atom. The Kier molecular flexibility index (Phi) is 5.14. The molecule has 0 fully saturated rings. The first kappa shape index (κ1) is 19.5. The third kappa shape index (κ3) is 3.85. The van der Waals surface area contributed by atoms with Crippen molar-refractivity contribution in [1.29, 1.82) is 0 Å². The van der Waals surface area contributed by atoms with E-state index < -0.39 is 11.7 Å². The first-order valence-electron chi connectivity index (χ1n) is 9.60. The van der Waals surface area contributed by atoms with Gasteiger partial charge in [-0.25, -0.2) is 14.1 Å². The van der Waals surface area contributed by atoms with E-state index in [0.717, 1.165) is 27.9 Å². The third-order valence-corrected chi connectivity index (χ3v) is 4.94. The van der Waals surface area contributed by atoms with Crippen molar-refractivity contribution in [3.63, 3.8) is 0 Å². The van der Waals surface area contributed by atoms with Gasteiger partial charge in [-0.2, -0.15) is 0 Å². The molecule has 1 heterocycles. The van der Waals surface area contributed by atoms with Gasteiger partial charge in [0.05, 0.1) is 11.4 Å². The quantitative estimate of drug-likeness (QED) is 0.509. The average Bonchev–Trinajstić information content (AvgIpc) is 3.17. The number of carbonyl (C=O) groups is 1. The van der Waals surface area contributed by atoms with E-state index in [-0.39, 0.29) is 11.5 Å². The molecular weight excluding hydrogens is 379 g/mol. The van der Waals surface area contributed by atoms with E-state index in [0.29, 0.717) is 5.82 Å². The van der Waals surface area contributed by atoms with Gasteiger partial charge in [-0.05, 0) is 62.2 Å². The molecule has 0 saturated carbocycles. The predicted octanol–water partition coefficient (Wildman–Crippen LogP) is 5.25. The van der Waals surface area contributed by atoms with Crippen LogP contribution in [0.25, 0.3) is 17.1 Å². The fourth-order valence-corrected chi connectivity index (χ4v) is 3.16. The number of aromatic nitrogens is 3. The summed E-state index contributed by atoms with van der Waals surface area (Å²) in [4.78, 5) is 17.3. The van der Waals surface area contributed by atoms with E-state index in [2.05, 4.69) is 15.4 Å². The number of benzene rings is 3. The lowest BCUT2D eigenvalue weighted by molar-refractivity contribution is 0.101. The molecule has 0 radical (unpaired) electrons. The lowest BCUT2D eigenvalue weighted by Gasteiger charge is -2.09. The lowest BCUT2D eigenvalue weighted by Crippen LogP contribution is -2.15. The summed E-state index contributed by atoms with van der Waals surface area (Å²) in [6.45, 7) is 6.05. The lowest BCUT2D eigenvalue weighted by atomic mass is 10.1. The van der Waals surface area contributed by atoms with Crippen molar-refractivity contribution in [1.82, 2.24) is 14.8 Å². The zero-order valence-corrected chi connectivity index (χ0v) is 17.0. The molecule has 0 aliphatic heterocycles. The molecule has 150 valence electrons. The highest BCUT2D eigenvalue weighted by Crippen LogP contribution is 2.24. The minimum absolute atomic E-state index is 0.0343. The number of nitrogens with zero attached hydrogens (tertiary/aromatic N) is 3. The molecule has 0 aliphatic rings. The van der Waals surface area contributed by atoms with Crippen LogP contribution in [0.2, 0.25) is 0 Å². The molecule has 30 heavy (non-hydrogen) atoms. The van der Waals surface area contributed by atoms with E-state index in [9.17, 15) is 9.18 Å². The number of anilines is 1. The Bertz CT molecular complexity index is 1250. The fourth-order valence-electron chi connectivity index (χ4n) is 3.16. The summed E-state index contributed by atoms with van der Waals surface area (Å²) in [5.41, 5.74) is 5.06. The number of carbonyl (C=O) groups excluding carboxylic acids is 1. The van der Waals surface area contributed by atoms with Crippen LogP contribution in [0.3, 0.4) is 0 Å². The zero-order chi connectivity index (χ0) is 21.3. The molecule has 3 aromatic carbocycles. The Balaban J connectivity index is 1.80. The van der Waals surface area contributed by atoms with Crippen LogP contribution < -0.4 is 5.32 Å². The van der Waals surface area contributed by atoms with E-state index in [1.165, 1.54) is 12.1 Å². The molecule has 0 atom stereocenters. The second-order valence-electron chi connectivity index (χ2n) is 7.24. The van der Waals surface area contributed by atoms with Gasteiger partial charge in [0, 0.05) is 5.56 Å². The van der Waals surface area contributed by atoms with Crippen molar-refractivity contribution in [3.8, 4) is 17.1 Å². The van der Waals surface area contributed by atoms with Crippen molar-refractivity contribution in [2.24, 2.45) is 0 Å². The maximum absolute atomic E-state index is 13.9. The van der Waals surface area contributed by atoms with Crippen molar-refractivity contribution in [2.75, 3.05) is 5.32 Å². The van der Waals surface area contributed by atoms with Crippen molar-refractivity contribution >= 4 is 11.6 Å². The van der Waals surface area contributed by atoms with Gasteiger partial charge in [0.2, 0.25) is 5.82 Å². The van der Waals surface area contributed by atoms with E-state index in [4.69, 9.17) is 0 Å². The molecule has 1 N–H and O–H groups in total. The largest absolute Gasteiger partial charge is 0.317 e. The van der Waals surface area contributed by atoms with Crippen LogP contribution in [-0.4, -0.2) is 20.7 Å². The molecule has 0 unspecified atom stereocenters. The van der Waals surface area contributed by atoms with Crippen LogP contribution in [0.1, 0.15) is 27.3 Å². The third-order valence-electron chi connectivity index (χ3n) is 4.94. The molecule has 6 heteroatoms. The minimum atomic E-state index is -0.573. The second kappa shape index (κ2) is 7.91. The van der Waals surface area contributed by atoms with Crippen LogP contribution in [0.15, 0.2) is 66.7 Å². The fraction of sp³-hybridized carbons (Fsp3) is 0.125. The zero-order valence-electron chi connectivity index (χ0n) is 17.0. The number of hydrogen-bond acceptors (Lipinski definition) is 3. The van der Waals surface area contributed by atoms with Crippen LogP contribution >= 0.6 is 0 Å². The molecular formula is C24H21FN4O. The maximum atomic E-state index is 13.9. The van der Waals surface area contributed by atoms with Gasteiger partial charge in [-0.3, -0.25) is 4.79 Å². The van der Waals surface area contributed by atoms with Crippen LogP contribution in [0.4, 0.5) is 10.1 Å². The molecule has 0 saturated heterocycles. The van der Waals surface area contributed by atoms with E-state index in [1.807, 2.05) is 63.2 Å². The van der Waals surface area contributed by atoms with Crippen molar-refractivity contribution < 1.29 is 9.18 Å². The summed E-state index contributed by atoms with van der Waals surface area (Å²) < 4.78 is 15.6. The minimum Gasteiger partial charge on any atom is -0.317 e. The summed E-state index contributed by atoms with van der Waals surface area (Å²) in [7, 11) is 0. The topological polar surface area (TPSA) is 59.8 Å². The normalized spacial score (nSPS) is 10.8. The highest BCUT2D eigenvalue weighted by molar-refractivity contribution is 6.01. The molecule has 5 nitrogen and oxygen atoms in total. The first-order chi connectivity index (χ1) is 14.4. The Hall–Kier alpha value is -3.80. The van der Waals surface area contributed by atoms with E-state index >= 15 is 0 Å². The Morgan fingerprint density at radius 2 is 1.73 bits per heavy atom. The molecule has 0 bridgehead atoms. The molecule has 4 rings (SSSR count). The summed E-state index contributed by atoms with van der Waals surface area (Å²) >= 11 is 0.